The molecular formula is C22H29N7O. The van der Waals surface area contributed by atoms with E-state index in [-0.39, 0.29) is 0 Å². The molecule has 0 radical (unpaired) electrons. The van der Waals surface area contributed by atoms with Crippen LogP contribution in [0.1, 0.15) is 23.7 Å². The molecule has 3 heterocycles. The van der Waals surface area contributed by atoms with Crippen LogP contribution in [0.3, 0.4) is 0 Å². The summed E-state index contributed by atoms with van der Waals surface area (Å²) in [6, 6.07) is 9.28. The second kappa shape index (κ2) is 9.23. The maximum atomic E-state index is 11.6. The smallest absolute Gasteiger partial charge is 0.250 e. The number of primary amides is 1. The minimum Gasteiger partial charge on any atom is -0.370 e. The average Bonchev–Trinajstić information content (AvgIpc) is 3.22. The van der Waals surface area contributed by atoms with Gasteiger partial charge in [0, 0.05) is 44.5 Å². The molecule has 0 atom stereocenters. The molecule has 158 valence electrons. The quantitative estimate of drug-likeness (QED) is 0.495. The highest BCUT2D eigenvalue weighted by atomic mass is 16.1. The summed E-state index contributed by atoms with van der Waals surface area (Å²) in [5.74, 6) is 1.04. The number of aromatic amines is 1. The topological polar surface area (TPSA) is 103 Å². The van der Waals surface area contributed by atoms with Crippen molar-refractivity contribution in [3.8, 4) is 11.4 Å². The van der Waals surface area contributed by atoms with Crippen molar-refractivity contribution in [2.24, 2.45) is 5.73 Å². The number of piperazine rings is 1. The highest BCUT2D eigenvalue weighted by Crippen LogP contribution is 2.23. The zero-order valence-electron chi connectivity index (χ0n) is 17.4. The third-order valence-electron chi connectivity index (χ3n) is 5.68. The van der Waals surface area contributed by atoms with Crippen LogP contribution in [0.2, 0.25) is 0 Å². The Morgan fingerprint density at radius 2 is 1.97 bits per heavy atom. The highest BCUT2D eigenvalue weighted by Gasteiger charge is 2.15. The first-order valence-corrected chi connectivity index (χ1v) is 10.6. The van der Waals surface area contributed by atoms with Crippen molar-refractivity contribution in [1.82, 2.24) is 24.8 Å². The third-order valence-corrected chi connectivity index (χ3v) is 5.68. The van der Waals surface area contributed by atoms with E-state index in [0.717, 1.165) is 56.0 Å². The highest BCUT2D eigenvalue weighted by molar-refractivity contribution is 6.04. The molecule has 8 nitrogen and oxygen atoms in total. The van der Waals surface area contributed by atoms with E-state index in [1.165, 1.54) is 13.1 Å². The largest absolute Gasteiger partial charge is 0.370 e. The van der Waals surface area contributed by atoms with Gasteiger partial charge >= 0.3 is 0 Å². The second-order valence-corrected chi connectivity index (χ2v) is 7.64. The minimum absolute atomic E-state index is 0.414. The molecule has 3 aromatic rings. The summed E-state index contributed by atoms with van der Waals surface area (Å²) < 4.78 is 0. The number of para-hydroxylation sites is 1. The Hall–Kier alpha value is -2.97. The number of likely N-dealkylation sites (N-methyl/N-ethyl adjacent to an activating group) is 1. The Bertz CT molecular complexity index is 990. The molecular weight excluding hydrogens is 378 g/mol. The zero-order valence-corrected chi connectivity index (χ0v) is 17.4. The predicted octanol–water partition coefficient (Wildman–Crippen LogP) is 2.16. The molecule has 1 fully saturated rings. The normalized spacial score (nSPS) is 15.5. The van der Waals surface area contributed by atoms with Gasteiger partial charge in [0.05, 0.1) is 11.1 Å². The fourth-order valence-electron chi connectivity index (χ4n) is 3.85. The molecule has 0 spiro atoms. The van der Waals surface area contributed by atoms with Gasteiger partial charge in [-0.15, -0.1) is 0 Å². The lowest BCUT2D eigenvalue weighted by Crippen LogP contribution is -2.46. The van der Waals surface area contributed by atoms with Crippen LogP contribution in [0.5, 0.6) is 0 Å². The van der Waals surface area contributed by atoms with Crippen LogP contribution >= 0.6 is 0 Å². The number of hydrogen-bond acceptors (Lipinski definition) is 6. The number of H-pyrrole nitrogens is 1. The van der Waals surface area contributed by atoms with Crippen LogP contribution in [-0.2, 0) is 0 Å². The monoisotopic (exact) mass is 407 g/mol. The number of carbonyl (C=O) groups is 1. The molecule has 1 amide bonds. The Labute approximate surface area is 176 Å². The van der Waals surface area contributed by atoms with E-state index in [1.807, 2.05) is 18.2 Å². The summed E-state index contributed by atoms with van der Waals surface area (Å²) in [6.07, 6.45) is 2.88. The van der Waals surface area contributed by atoms with E-state index in [0.29, 0.717) is 16.9 Å². The first kappa shape index (κ1) is 20.3. The van der Waals surface area contributed by atoms with Gasteiger partial charge in [-0.1, -0.05) is 13.0 Å². The van der Waals surface area contributed by atoms with E-state index in [9.17, 15) is 4.79 Å². The van der Waals surface area contributed by atoms with Crippen LogP contribution in [0.15, 0.2) is 36.5 Å². The lowest BCUT2D eigenvalue weighted by atomic mass is 10.2. The van der Waals surface area contributed by atoms with Gasteiger partial charge in [-0.25, -0.2) is 9.97 Å². The van der Waals surface area contributed by atoms with Gasteiger partial charge in [-0.05, 0) is 43.8 Å². The van der Waals surface area contributed by atoms with Gasteiger partial charge in [0.15, 0.2) is 0 Å². The number of carbonyl (C=O) groups excluding carboxylic acids is 1. The van der Waals surface area contributed by atoms with E-state index in [1.54, 1.807) is 18.3 Å². The average molecular weight is 408 g/mol. The summed E-state index contributed by atoms with van der Waals surface area (Å²) in [7, 11) is 0. The Kier molecular flexibility index (Phi) is 6.25. The van der Waals surface area contributed by atoms with E-state index < -0.39 is 5.91 Å². The first-order valence-electron chi connectivity index (χ1n) is 10.6. The van der Waals surface area contributed by atoms with E-state index in [2.05, 4.69) is 37.0 Å². The molecule has 0 aliphatic carbocycles. The molecule has 4 N–H and O–H groups in total. The molecule has 0 unspecified atom stereocenters. The van der Waals surface area contributed by atoms with Gasteiger partial charge in [0.2, 0.25) is 0 Å². The number of benzene rings is 1. The van der Waals surface area contributed by atoms with Crippen molar-refractivity contribution in [1.29, 1.82) is 0 Å². The summed E-state index contributed by atoms with van der Waals surface area (Å²) in [5.41, 5.74) is 8.09. The number of fused-ring (bicyclic) bond motifs is 1. The van der Waals surface area contributed by atoms with Crippen LogP contribution in [0.25, 0.3) is 22.4 Å². The number of nitrogens with zero attached hydrogens (tertiary/aromatic N) is 4. The van der Waals surface area contributed by atoms with Crippen LogP contribution < -0.4 is 11.1 Å². The molecule has 1 aromatic carbocycles. The minimum atomic E-state index is -0.483. The lowest BCUT2D eigenvalue weighted by Gasteiger charge is -2.33. The molecule has 30 heavy (non-hydrogen) atoms. The van der Waals surface area contributed by atoms with Crippen molar-refractivity contribution in [2.75, 3.05) is 51.1 Å². The number of rotatable bonds is 8. The molecule has 4 rings (SSSR count). The molecule has 2 aromatic heterocycles. The number of anilines is 1. The van der Waals surface area contributed by atoms with Crippen molar-refractivity contribution in [2.45, 2.75) is 13.3 Å². The molecule has 0 saturated carbocycles. The molecule has 1 aliphatic rings. The SMILES string of the molecule is CCN1CCN(CCCNc2ccc(-c3nc4c(C(N)=O)cccc4[nH]3)cn2)CC1. The van der Waals surface area contributed by atoms with Gasteiger partial charge < -0.3 is 25.8 Å². The predicted molar refractivity (Wildman–Crippen MR) is 120 cm³/mol. The van der Waals surface area contributed by atoms with E-state index >= 15 is 0 Å². The van der Waals surface area contributed by atoms with E-state index in [4.69, 9.17) is 5.73 Å². The van der Waals surface area contributed by atoms with Crippen molar-refractivity contribution < 1.29 is 4.79 Å². The molecule has 1 saturated heterocycles. The molecule has 1 aliphatic heterocycles. The number of pyridine rings is 1. The van der Waals surface area contributed by atoms with Crippen LogP contribution in [0, 0.1) is 0 Å². The number of nitrogens with one attached hydrogen (secondary N) is 2. The fraction of sp³-hybridized carbons (Fsp3) is 0.409. The van der Waals surface area contributed by atoms with Crippen LogP contribution in [0.4, 0.5) is 5.82 Å². The number of hydrogen-bond donors (Lipinski definition) is 3. The summed E-state index contributed by atoms with van der Waals surface area (Å²) in [6.45, 7) is 10.1. The third kappa shape index (κ3) is 4.60. The number of nitrogens with two attached hydrogens (primary N) is 1. The Morgan fingerprint density at radius 3 is 2.67 bits per heavy atom. The molecule has 0 bridgehead atoms. The Morgan fingerprint density at radius 1 is 1.17 bits per heavy atom. The molecule has 8 heteroatoms. The van der Waals surface area contributed by atoms with Crippen molar-refractivity contribution >= 4 is 22.8 Å². The van der Waals surface area contributed by atoms with Crippen LogP contribution in [-0.4, -0.2) is 76.5 Å². The number of aromatic nitrogens is 3. The summed E-state index contributed by atoms with van der Waals surface area (Å²) >= 11 is 0. The fourth-order valence-corrected chi connectivity index (χ4v) is 3.85. The maximum absolute atomic E-state index is 11.6. The van der Waals surface area contributed by atoms with Gasteiger partial charge in [-0.2, -0.15) is 0 Å². The first-order chi connectivity index (χ1) is 14.6. The number of amides is 1. The lowest BCUT2D eigenvalue weighted by molar-refractivity contribution is 0.100. The number of imidazole rings is 1. The summed E-state index contributed by atoms with van der Waals surface area (Å²) in [5, 5.41) is 3.39. The summed E-state index contributed by atoms with van der Waals surface area (Å²) in [4.78, 5) is 28.9. The van der Waals surface area contributed by atoms with Gasteiger partial charge in [0.1, 0.15) is 17.2 Å². The van der Waals surface area contributed by atoms with Gasteiger partial charge in [-0.3, -0.25) is 4.79 Å². The zero-order chi connectivity index (χ0) is 20.9. The standard InChI is InChI=1S/C22H29N7O/c1-2-28-11-13-29(14-12-28)10-4-9-24-19-8-7-16(15-25-19)22-26-18-6-3-5-17(21(23)30)20(18)27-22/h3,5-8,15H,2,4,9-14H2,1H3,(H2,23,30)(H,24,25)(H,26,27). The Balaban J connectivity index is 1.31. The second-order valence-electron chi connectivity index (χ2n) is 7.64. The van der Waals surface area contributed by atoms with Crippen molar-refractivity contribution in [3.63, 3.8) is 0 Å². The van der Waals surface area contributed by atoms with Gasteiger partial charge in [0.25, 0.3) is 5.91 Å². The van der Waals surface area contributed by atoms with Crippen molar-refractivity contribution in [3.05, 3.63) is 42.1 Å². The maximum Gasteiger partial charge on any atom is 0.250 e.